The molecule has 3 nitrogen and oxygen atoms in total. The standard InChI is InChI=1S/C15H23NO2/c1-4-5-6-10-16-11-9-13-7-8-14(17-2)15(12-13)18-3/h4,7-8,12,16H,1,5-6,9-11H2,2-3H3. The third-order valence-corrected chi connectivity index (χ3v) is 2.80. The highest BCUT2D eigenvalue weighted by Gasteiger charge is 2.03. The van der Waals surface area contributed by atoms with Gasteiger partial charge in [-0.25, -0.2) is 0 Å². The lowest BCUT2D eigenvalue weighted by Gasteiger charge is -2.10. The van der Waals surface area contributed by atoms with Crippen molar-refractivity contribution in [3.05, 3.63) is 36.4 Å². The molecule has 0 aromatic heterocycles. The summed E-state index contributed by atoms with van der Waals surface area (Å²) in [4.78, 5) is 0. The number of nitrogens with one attached hydrogen (secondary N) is 1. The molecule has 0 aliphatic rings. The van der Waals surface area contributed by atoms with E-state index in [1.165, 1.54) is 5.56 Å². The van der Waals surface area contributed by atoms with Gasteiger partial charge in [0.05, 0.1) is 14.2 Å². The molecular formula is C15H23NO2. The summed E-state index contributed by atoms with van der Waals surface area (Å²) in [6.45, 7) is 5.73. The maximum Gasteiger partial charge on any atom is 0.160 e. The van der Waals surface area contributed by atoms with Gasteiger partial charge < -0.3 is 14.8 Å². The average Bonchev–Trinajstić information content (AvgIpc) is 2.42. The molecule has 0 bridgehead atoms. The highest BCUT2D eigenvalue weighted by Crippen LogP contribution is 2.27. The van der Waals surface area contributed by atoms with Crippen LogP contribution in [0.5, 0.6) is 11.5 Å². The van der Waals surface area contributed by atoms with Gasteiger partial charge >= 0.3 is 0 Å². The lowest BCUT2D eigenvalue weighted by Crippen LogP contribution is -2.18. The van der Waals surface area contributed by atoms with Gasteiger partial charge in [-0.05, 0) is 50.0 Å². The molecule has 18 heavy (non-hydrogen) atoms. The van der Waals surface area contributed by atoms with Crippen LogP contribution in [0.2, 0.25) is 0 Å². The first kappa shape index (κ1) is 14.6. The summed E-state index contributed by atoms with van der Waals surface area (Å²) in [6, 6.07) is 6.06. The Labute approximate surface area is 110 Å². The SMILES string of the molecule is C=CCCCNCCc1ccc(OC)c(OC)c1. The molecule has 0 saturated heterocycles. The van der Waals surface area contributed by atoms with Gasteiger partial charge in [0.15, 0.2) is 11.5 Å². The van der Waals surface area contributed by atoms with E-state index in [0.29, 0.717) is 0 Å². The molecule has 100 valence electrons. The van der Waals surface area contributed by atoms with Crippen LogP contribution < -0.4 is 14.8 Å². The number of ether oxygens (including phenoxy) is 2. The fourth-order valence-electron chi connectivity index (χ4n) is 1.77. The Hall–Kier alpha value is -1.48. The summed E-state index contributed by atoms with van der Waals surface area (Å²) in [5.74, 6) is 1.57. The monoisotopic (exact) mass is 249 g/mol. The largest absolute Gasteiger partial charge is 0.493 e. The van der Waals surface area contributed by atoms with Gasteiger partial charge in [0.1, 0.15) is 0 Å². The molecule has 3 heteroatoms. The zero-order chi connectivity index (χ0) is 13.2. The summed E-state index contributed by atoms with van der Waals surface area (Å²) >= 11 is 0. The van der Waals surface area contributed by atoms with E-state index >= 15 is 0 Å². The smallest absolute Gasteiger partial charge is 0.160 e. The van der Waals surface area contributed by atoms with Gasteiger partial charge in [-0.2, -0.15) is 0 Å². The highest BCUT2D eigenvalue weighted by atomic mass is 16.5. The summed E-state index contributed by atoms with van der Waals surface area (Å²) in [5.41, 5.74) is 1.25. The molecule has 1 rings (SSSR count). The van der Waals surface area contributed by atoms with Crippen molar-refractivity contribution in [3.8, 4) is 11.5 Å². The number of hydrogen-bond donors (Lipinski definition) is 1. The average molecular weight is 249 g/mol. The van der Waals surface area contributed by atoms with E-state index < -0.39 is 0 Å². The van der Waals surface area contributed by atoms with Gasteiger partial charge in [0.2, 0.25) is 0 Å². The lowest BCUT2D eigenvalue weighted by atomic mass is 10.1. The second-order valence-electron chi connectivity index (χ2n) is 4.12. The molecular weight excluding hydrogens is 226 g/mol. The minimum atomic E-state index is 0.778. The Morgan fingerprint density at radius 1 is 1.17 bits per heavy atom. The normalized spacial score (nSPS) is 10.1. The predicted octanol–water partition coefficient (Wildman–Crippen LogP) is 2.80. The molecule has 0 aliphatic carbocycles. The van der Waals surface area contributed by atoms with Crippen LogP contribution in [0, 0.1) is 0 Å². The zero-order valence-corrected chi connectivity index (χ0v) is 11.4. The van der Waals surface area contributed by atoms with E-state index in [1.54, 1.807) is 14.2 Å². The molecule has 1 aromatic carbocycles. The van der Waals surface area contributed by atoms with Gasteiger partial charge in [0.25, 0.3) is 0 Å². The maximum atomic E-state index is 5.28. The lowest BCUT2D eigenvalue weighted by molar-refractivity contribution is 0.354. The molecule has 1 N–H and O–H groups in total. The summed E-state index contributed by atoms with van der Waals surface area (Å²) in [7, 11) is 3.31. The minimum absolute atomic E-state index is 0.778. The van der Waals surface area contributed by atoms with Gasteiger partial charge in [0, 0.05) is 0 Å². The number of rotatable bonds is 9. The minimum Gasteiger partial charge on any atom is -0.493 e. The number of benzene rings is 1. The molecule has 0 fully saturated rings. The molecule has 0 atom stereocenters. The Bertz CT molecular complexity index is 364. The molecule has 0 unspecified atom stereocenters. The number of methoxy groups -OCH3 is 2. The summed E-state index contributed by atoms with van der Waals surface area (Å²) in [6.07, 6.45) is 5.17. The zero-order valence-electron chi connectivity index (χ0n) is 11.4. The Morgan fingerprint density at radius 2 is 1.94 bits per heavy atom. The second kappa shape index (κ2) is 8.59. The van der Waals surface area contributed by atoms with Crippen LogP contribution in [0.4, 0.5) is 0 Å². The van der Waals surface area contributed by atoms with Crippen molar-refractivity contribution < 1.29 is 9.47 Å². The van der Waals surface area contributed by atoms with Crippen LogP contribution in [0.1, 0.15) is 18.4 Å². The molecule has 0 aliphatic heterocycles. The topological polar surface area (TPSA) is 30.5 Å². The third-order valence-electron chi connectivity index (χ3n) is 2.80. The van der Waals surface area contributed by atoms with E-state index in [0.717, 1.165) is 43.9 Å². The van der Waals surface area contributed by atoms with Crippen molar-refractivity contribution in [3.63, 3.8) is 0 Å². The first-order chi connectivity index (χ1) is 8.81. The van der Waals surface area contributed by atoms with Crippen LogP contribution >= 0.6 is 0 Å². The van der Waals surface area contributed by atoms with Gasteiger partial charge in [-0.15, -0.1) is 6.58 Å². The van der Waals surface area contributed by atoms with Crippen molar-refractivity contribution in [2.75, 3.05) is 27.3 Å². The Balaban J connectivity index is 2.36. The summed E-state index contributed by atoms with van der Waals surface area (Å²) < 4.78 is 10.5. The van der Waals surface area contributed by atoms with Gasteiger partial charge in [-0.3, -0.25) is 0 Å². The van der Waals surface area contributed by atoms with Crippen LogP contribution in [-0.4, -0.2) is 27.3 Å². The van der Waals surface area contributed by atoms with E-state index in [-0.39, 0.29) is 0 Å². The molecule has 0 heterocycles. The number of hydrogen-bond acceptors (Lipinski definition) is 3. The molecule has 1 aromatic rings. The van der Waals surface area contributed by atoms with Crippen LogP contribution in [0.3, 0.4) is 0 Å². The Morgan fingerprint density at radius 3 is 2.61 bits per heavy atom. The van der Waals surface area contributed by atoms with Crippen LogP contribution in [-0.2, 0) is 6.42 Å². The second-order valence-corrected chi connectivity index (χ2v) is 4.12. The number of allylic oxidation sites excluding steroid dienone is 1. The first-order valence-corrected chi connectivity index (χ1v) is 6.34. The fourth-order valence-corrected chi connectivity index (χ4v) is 1.77. The fraction of sp³-hybridized carbons (Fsp3) is 0.467. The molecule has 0 amide bonds. The highest BCUT2D eigenvalue weighted by molar-refractivity contribution is 5.42. The van der Waals surface area contributed by atoms with Crippen molar-refractivity contribution in [1.29, 1.82) is 0 Å². The van der Waals surface area contributed by atoms with Gasteiger partial charge in [-0.1, -0.05) is 12.1 Å². The van der Waals surface area contributed by atoms with Crippen molar-refractivity contribution >= 4 is 0 Å². The molecule has 0 spiro atoms. The van der Waals surface area contributed by atoms with Crippen LogP contribution in [0.25, 0.3) is 0 Å². The third kappa shape index (κ3) is 4.80. The van der Waals surface area contributed by atoms with E-state index in [2.05, 4.69) is 18.0 Å². The summed E-state index contributed by atoms with van der Waals surface area (Å²) in [5, 5.41) is 3.41. The van der Waals surface area contributed by atoms with Crippen molar-refractivity contribution in [2.24, 2.45) is 0 Å². The van der Waals surface area contributed by atoms with Crippen LogP contribution in [0.15, 0.2) is 30.9 Å². The van der Waals surface area contributed by atoms with E-state index in [9.17, 15) is 0 Å². The quantitative estimate of drug-likeness (QED) is 0.539. The van der Waals surface area contributed by atoms with E-state index in [1.807, 2.05) is 18.2 Å². The van der Waals surface area contributed by atoms with E-state index in [4.69, 9.17) is 9.47 Å². The maximum absolute atomic E-state index is 5.28. The van der Waals surface area contributed by atoms with Crippen molar-refractivity contribution in [2.45, 2.75) is 19.3 Å². The van der Waals surface area contributed by atoms with Crippen molar-refractivity contribution in [1.82, 2.24) is 5.32 Å². The first-order valence-electron chi connectivity index (χ1n) is 6.34. The number of unbranched alkanes of at least 4 members (excludes halogenated alkanes) is 1. The molecule has 0 radical (unpaired) electrons. The predicted molar refractivity (Wildman–Crippen MR) is 75.6 cm³/mol. The molecule has 0 saturated carbocycles. The Kier molecular flexibility index (Phi) is 6.96.